The second kappa shape index (κ2) is 3.57. The van der Waals surface area contributed by atoms with E-state index < -0.39 is 10.0 Å². The molecule has 0 unspecified atom stereocenters. The molecule has 0 spiro atoms. The first-order chi connectivity index (χ1) is 5.82. The summed E-state index contributed by atoms with van der Waals surface area (Å²) in [5.74, 6) is 0. The number of hydrogen-bond donors (Lipinski definition) is 1. The molecule has 0 saturated carbocycles. The summed E-state index contributed by atoms with van der Waals surface area (Å²) < 4.78 is 22.6. The number of sulfonamides is 1. The van der Waals surface area contributed by atoms with Crippen LogP contribution in [-0.2, 0) is 10.0 Å². The van der Waals surface area contributed by atoms with E-state index in [9.17, 15) is 8.42 Å². The van der Waals surface area contributed by atoms with Crippen LogP contribution in [0.2, 0.25) is 5.02 Å². The minimum absolute atomic E-state index is 0.0633. The normalized spacial score (nSPS) is 11.7. The molecule has 1 aromatic rings. The van der Waals surface area contributed by atoms with Gasteiger partial charge in [-0.05, 0) is 24.6 Å². The Labute approximate surface area is 90.1 Å². The van der Waals surface area contributed by atoms with Crippen LogP contribution in [0.5, 0.6) is 0 Å². The molecule has 0 aromatic heterocycles. The lowest BCUT2D eigenvalue weighted by Crippen LogP contribution is -2.12. The standard InChI is InChI=1S/C7H7BrClNO2S/c1-4-2-6(9)7(3-5(4)8)13(10,11)12/h2-3H,1H3,(H2,10,11,12). The highest BCUT2D eigenvalue weighted by Gasteiger charge is 2.14. The summed E-state index contributed by atoms with van der Waals surface area (Å²) in [7, 11) is -3.73. The van der Waals surface area contributed by atoms with E-state index in [-0.39, 0.29) is 9.92 Å². The predicted molar refractivity (Wildman–Crippen MR) is 55.3 cm³/mol. The molecule has 3 nitrogen and oxygen atoms in total. The maximum atomic E-state index is 11.0. The molecule has 13 heavy (non-hydrogen) atoms. The van der Waals surface area contributed by atoms with Gasteiger partial charge in [-0.2, -0.15) is 0 Å². The summed E-state index contributed by atoms with van der Waals surface area (Å²) in [4.78, 5) is -0.0633. The van der Waals surface area contributed by atoms with Crippen LogP contribution in [-0.4, -0.2) is 8.42 Å². The van der Waals surface area contributed by atoms with Crippen molar-refractivity contribution in [2.45, 2.75) is 11.8 Å². The molecule has 1 aromatic carbocycles. The van der Waals surface area contributed by atoms with Crippen molar-refractivity contribution in [3.05, 3.63) is 27.2 Å². The molecule has 1 rings (SSSR count). The van der Waals surface area contributed by atoms with Gasteiger partial charge in [0.15, 0.2) is 0 Å². The molecule has 0 bridgehead atoms. The number of rotatable bonds is 1. The lowest BCUT2D eigenvalue weighted by molar-refractivity contribution is 0.598. The first-order valence-corrected chi connectivity index (χ1v) is 6.02. The zero-order valence-corrected chi connectivity index (χ0v) is 9.87. The molecule has 0 aliphatic carbocycles. The fourth-order valence-corrected chi connectivity index (χ4v) is 2.49. The third-order valence-corrected chi connectivity index (χ3v) is 3.75. The summed E-state index contributed by atoms with van der Waals surface area (Å²) in [5.41, 5.74) is 0.859. The Hall–Kier alpha value is -0.100. The summed E-state index contributed by atoms with van der Waals surface area (Å²) >= 11 is 8.90. The van der Waals surface area contributed by atoms with Gasteiger partial charge in [0, 0.05) is 4.47 Å². The quantitative estimate of drug-likeness (QED) is 0.858. The van der Waals surface area contributed by atoms with Crippen molar-refractivity contribution in [1.29, 1.82) is 0 Å². The Balaban J connectivity index is 3.50. The van der Waals surface area contributed by atoms with Gasteiger partial charge < -0.3 is 0 Å². The SMILES string of the molecule is Cc1cc(Cl)c(S(N)(=O)=O)cc1Br. The second-order valence-corrected chi connectivity index (χ2v) is 5.37. The van der Waals surface area contributed by atoms with E-state index in [1.54, 1.807) is 6.07 Å². The van der Waals surface area contributed by atoms with Gasteiger partial charge in [-0.1, -0.05) is 27.5 Å². The van der Waals surface area contributed by atoms with Gasteiger partial charge >= 0.3 is 0 Å². The van der Waals surface area contributed by atoms with Crippen molar-refractivity contribution < 1.29 is 8.42 Å². The van der Waals surface area contributed by atoms with E-state index in [1.165, 1.54) is 6.07 Å². The van der Waals surface area contributed by atoms with E-state index >= 15 is 0 Å². The minimum Gasteiger partial charge on any atom is -0.225 e. The van der Waals surface area contributed by atoms with E-state index in [2.05, 4.69) is 15.9 Å². The number of benzene rings is 1. The zero-order chi connectivity index (χ0) is 10.2. The summed E-state index contributed by atoms with van der Waals surface area (Å²) in [6.07, 6.45) is 0. The number of halogens is 2. The van der Waals surface area contributed by atoms with Crippen molar-refractivity contribution in [2.75, 3.05) is 0 Å². The molecular weight excluding hydrogens is 278 g/mol. The van der Waals surface area contributed by atoms with Crippen LogP contribution in [0.4, 0.5) is 0 Å². The molecule has 0 aliphatic heterocycles. The van der Waals surface area contributed by atoms with Gasteiger partial charge in [0.25, 0.3) is 0 Å². The van der Waals surface area contributed by atoms with Gasteiger partial charge in [-0.15, -0.1) is 0 Å². The van der Waals surface area contributed by atoms with Crippen LogP contribution >= 0.6 is 27.5 Å². The fourth-order valence-electron chi connectivity index (χ4n) is 0.846. The smallest absolute Gasteiger partial charge is 0.225 e. The number of aryl methyl sites for hydroxylation is 1. The molecular formula is C7H7BrClNO2S. The Kier molecular flexibility index (Phi) is 3.01. The minimum atomic E-state index is -3.73. The molecule has 0 atom stereocenters. The van der Waals surface area contributed by atoms with E-state index in [0.717, 1.165) is 5.56 Å². The highest BCUT2D eigenvalue weighted by atomic mass is 79.9. The molecule has 0 heterocycles. The first-order valence-electron chi connectivity index (χ1n) is 3.31. The van der Waals surface area contributed by atoms with Crippen molar-refractivity contribution in [3.8, 4) is 0 Å². The third-order valence-electron chi connectivity index (χ3n) is 1.52. The maximum Gasteiger partial charge on any atom is 0.239 e. The van der Waals surface area contributed by atoms with Crippen LogP contribution in [0, 0.1) is 6.92 Å². The average molecular weight is 285 g/mol. The fraction of sp³-hybridized carbons (Fsp3) is 0.143. The largest absolute Gasteiger partial charge is 0.239 e. The van der Waals surface area contributed by atoms with Crippen LogP contribution in [0.1, 0.15) is 5.56 Å². The van der Waals surface area contributed by atoms with Crippen molar-refractivity contribution in [3.63, 3.8) is 0 Å². The number of nitrogens with two attached hydrogens (primary N) is 1. The lowest BCUT2D eigenvalue weighted by atomic mass is 10.2. The molecule has 0 amide bonds. The molecule has 0 fully saturated rings. The highest BCUT2D eigenvalue weighted by Crippen LogP contribution is 2.27. The summed E-state index contributed by atoms with van der Waals surface area (Å²) in [6.45, 7) is 1.81. The maximum absolute atomic E-state index is 11.0. The lowest BCUT2D eigenvalue weighted by Gasteiger charge is -2.04. The van der Waals surface area contributed by atoms with E-state index in [4.69, 9.17) is 16.7 Å². The Morgan fingerprint density at radius 1 is 1.46 bits per heavy atom. The zero-order valence-electron chi connectivity index (χ0n) is 6.71. The van der Waals surface area contributed by atoms with Gasteiger partial charge in [0.1, 0.15) is 4.90 Å². The van der Waals surface area contributed by atoms with Crippen LogP contribution in [0.15, 0.2) is 21.5 Å². The number of hydrogen-bond acceptors (Lipinski definition) is 2. The average Bonchev–Trinajstić information content (AvgIpc) is 1.94. The highest BCUT2D eigenvalue weighted by molar-refractivity contribution is 9.10. The van der Waals surface area contributed by atoms with Gasteiger partial charge in [-0.25, -0.2) is 13.6 Å². The Bertz CT molecular complexity index is 444. The topological polar surface area (TPSA) is 60.2 Å². The molecule has 2 N–H and O–H groups in total. The van der Waals surface area contributed by atoms with Crippen molar-refractivity contribution >= 4 is 37.6 Å². The third kappa shape index (κ3) is 2.43. The van der Waals surface area contributed by atoms with Crippen molar-refractivity contribution in [1.82, 2.24) is 0 Å². The van der Waals surface area contributed by atoms with Crippen LogP contribution in [0.25, 0.3) is 0 Å². The van der Waals surface area contributed by atoms with Gasteiger partial charge in [0.2, 0.25) is 10.0 Å². The first kappa shape index (κ1) is 11.0. The molecule has 0 saturated heterocycles. The Morgan fingerprint density at radius 2 is 2.00 bits per heavy atom. The molecule has 6 heteroatoms. The Morgan fingerprint density at radius 3 is 2.46 bits per heavy atom. The number of primary sulfonamides is 1. The second-order valence-electron chi connectivity index (χ2n) is 2.58. The molecule has 72 valence electrons. The van der Waals surface area contributed by atoms with Gasteiger partial charge in [0.05, 0.1) is 5.02 Å². The van der Waals surface area contributed by atoms with Crippen molar-refractivity contribution in [2.24, 2.45) is 5.14 Å². The molecule has 0 aliphatic rings. The van der Waals surface area contributed by atoms with Gasteiger partial charge in [-0.3, -0.25) is 0 Å². The van der Waals surface area contributed by atoms with Crippen LogP contribution in [0.3, 0.4) is 0 Å². The predicted octanol–water partition coefficient (Wildman–Crippen LogP) is 2.06. The van der Waals surface area contributed by atoms with E-state index in [1.807, 2.05) is 6.92 Å². The summed E-state index contributed by atoms with van der Waals surface area (Å²) in [5, 5.41) is 5.09. The van der Waals surface area contributed by atoms with Crippen LogP contribution < -0.4 is 5.14 Å². The molecule has 0 radical (unpaired) electrons. The summed E-state index contributed by atoms with van der Waals surface area (Å²) in [6, 6.07) is 2.94. The monoisotopic (exact) mass is 283 g/mol. The van der Waals surface area contributed by atoms with E-state index in [0.29, 0.717) is 4.47 Å².